The molecule has 2 heterocycles. The highest BCUT2D eigenvalue weighted by Gasteiger charge is 2.46. The average molecular weight is 421 g/mol. The van der Waals surface area contributed by atoms with Gasteiger partial charge in [-0.15, -0.1) is 0 Å². The highest BCUT2D eigenvalue weighted by Crippen LogP contribution is 2.36. The Kier molecular flexibility index (Phi) is 5.28. The molecule has 0 aliphatic carbocycles. The molecule has 1 aromatic heterocycles. The number of amides is 1. The standard InChI is InChI=1S/C19H19NO8S/c1-8(22)20-14-16(24)15(23)12(7-21)27-18(14)26-11-6-13-17(28-19(25)29-13)10-5-3-2-4-9(10)11/h2-6,12,14-16,18,21,23-24H,7H2,1H3,(H,20,22)/t12-,14-,15+,16-,18+/m1/s1. The molecule has 29 heavy (non-hydrogen) atoms. The molecule has 3 aromatic rings. The van der Waals surface area contributed by atoms with E-state index in [4.69, 9.17) is 13.9 Å². The second-order valence-electron chi connectivity index (χ2n) is 6.75. The number of ether oxygens (including phenoxy) is 2. The molecule has 1 aliphatic rings. The smallest absolute Gasteiger partial charge is 0.396 e. The van der Waals surface area contributed by atoms with Crippen molar-refractivity contribution < 1.29 is 34.0 Å². The van der Waals surface area contributed by atoms with Gasteiger partial charge in [-0.2, -0.15) is 0 Å². The van der Waals surface area contributed by atoms with E-state index in [2.05, 4.69) is 5.32 Å². The lowest BCUT2D eigenvalue weighted by Gasteiger charge is -2.42. The van der Waals surface area contributed by atoms with Gasteiger partial charge in [-0.05, 0) is 0 Å². The molecular formula is C19H19NO8S. The van der Waals surface area contributed by atoms with Crippen LogP contribution >= 0.6 is 11.3 Å². The second-order valence-corrected chi connectivity index (χ2v) is 7.73. The summed E-state index contributed by atoms with van der Waals surface area (Å²) in [6.07, 6.45) is -5.12. The molecule has 9 nitrogen and oxygen atoms in total. The molecule has 4 rings (SSSR count). The maximum atomic E-state index is 11.7. The molecule has 1 aliphatic heterocycles. The van der Waals surface area contributed by atoms with E-state index in [1.54, 1.807) is 30.3 Å². The van der Waals surface area contributed by atoms with E-state index in [1.165, 1.54) is 6.92 Å². The Balaban J connectivity index is 1.78. The van der Waals surface area contributed by atoms with Gasteiger partial charge >= 0.3 is 4.94 Å². The number of fused-ring (bicyclic) bond motifs is 3. The first-order valence-corrected chi connectivity index (χ1v) is 9.72. The molecule has 0 bridgehead atoms. The monoisotopic (exact) mass is 421 g/mol. The molecule has 10 heteroatoms. The summed E-state index contributed by atoms with van der Waals surface area (Å²) in [5.74, 6) is -0.111. The zero-order valence-electron chi connectivity index (χ0n) is 15.3. The summed E-state index contributed by atoms with van der Waals surface area (Å²) < 4.78 is 17.5. The first kappa shape index (κ1) is 19.8. The number of carbonyl (C=O) groups excluding carboxylic acids is 1. The molecule has 0 radical (unpaired) electrons. The summed E-state index contributed by atoms with van der Waals surface area (Å²) in [5, 5.41) is 33.8. The van der Waals surface area contributed by atoms with Gasteiger partial charge < -0.3 is 34.5 Å². The van der Waals surface area contributed by atoms with Crippen molar-refractivity contribution in [2.75, 3.05) is 6.61 Å². The molecule has 4 N–H and O–H groups in total. The van der Waals surface area contributed by atoms with Crippen molar-refractivity contribution >= 4 is 38.3 Å². The fourth-order valence-corrected chi connectivity index (χ4v) is 4.17. The average Bonchev–Trinajstić information content (AvgIpc) is 3.07. The quantitative estimate of drug-likeness (QED) is 0.473. The van der Waals surface area contributed by atoms with E-state index in [1.807, 2.05) is 0 Å². The Bertz CT molecular complexity index is 1110. The predicted octanol–water partition coefficient (Wildman–Crippen LogP) is 0.330. The number of benzene rings is 2. The van der Waals surface area contributed by atoms with Crippen LogP contribution in [0.1, 0.15) is 6.92 Å². The van der Waals surface area contributed by atoms with Crippen molar-refractivity contribution in [1.82, 2.24) is 5.32 Å². The third kappa shape index (κ3) is 3.61. The summed E-state index contributed by atoms with van der Waals surface area (Å²) in [5.41, 5.74) is 0.439. The Morgan fingerprint density at radius 3 is 2.66 bits per heavy atom. The number of aliphatic hydroxyl groups is 3. The molecule has 0 saturated carbocycles. The van der Waals surface area contributed by atoms with Gasteiger partial charge in [-0.25, -0.2) is 4.79 Å². The lowest BCUT2D eigenvalue weighted by Crippen LogP contribution is -2.65. The first-order chi connectivity index (χ1) is 13.9. The number of hydrogen-bond donors (Lipinski definition) is 4. The Hall–Kier alpha value is -2.50. The van der Waals surface area contributed by atoms with Crippen molar-refractivity contribution in [2.45, 2.75) is 37.6 Å². The van der Waals surface area contributed by atoms with Crippen LogP contribution in [0.15, 0.2) is 39.5 Å². The Morgan fingerprint density at radius 2 is 1.97 bits per heavy atom. The molecule has 0 unspecified atom stereocenters. The number of nitrogens with one attached hydrogen (secondary N) is 1. The third-order valence-corrected chi connectivity index (χ3v) is 5.57. The molecule has 1 saturated heterocycles. The zero-order chi connectivity index (χ0) is 20.7. The highest BCUT2D eigenvalue weighted by atomic mass is 32.1. The summed E-state index contributed by atoms with van der Waals surface area (Å²) >= 11 is 0.918. The van der Waals surface area contributed by atoms with Crippen LogP contribution in [0.3, 0.4) is 0 Å². The maximum absolute atomic E-state index is 11.7. The fourth-order valence-electron chi connectivity index (χ4n) is 3.46. The molecule has 1 fully saturated rings. The molecule has 0 spiro atoms. The van der Waals surface area contributed by atoms with Crippen LogP contribution in [-0.4, -0.2) is 58.5 Å². The van der Waals surface area contributed by atoms with E-state index < -0.39 is 48.1 Å². The lowest BCUT2D eigenvalue weighted by atomic mass is 9.97. The van der Waals surface area contributed by atoms with Crippen molar-refractivity contribution in [1.29, 1.82) is 0 Å². The molecule has 2 aromatic carbocycles. The van der Waals surface area contributed by atoms with Crippen molar-refractivity contribution in [3.05, 3.63) is 40.1 Å². The van der Waals surface area contributed by atoms with Crippen molar-refractivity contribution in [2.24, 2.45) is 0 Å². The molecular weight excluding hydrogens is 402 g/mol. The minimum absolute atomic E-state index is 0.339. The highest BCUT2D eigenvalue weighted by molar-refractivity contribution is 7.16. The zero-order valence-corrected chi connectivity index (χ0v) is 16.1. The normalized spacial score (nSPS) is 27.2. The van der Waals surface area contributed by atoms with E-state index in [-0.39, 0.29) is 0 Å². The van der Waals surface area contributed by atoms with Crippen molar-refractivity contribution in [3.63, 3.8) is 0 Å². The molecule has 1 amide bonds. The largest absolute Gasteiger partial charge is 0.462 e. The van der Waals surface area contributed by atoms with Crippen molar-refractivity contribution in [3.8, 4) is 5.75 Å². The van der Waals surface area contributed by atoms with E-state index in [9.17, 15) is 24.9 Å². The fraction of sp³-hybridized carbons (Fsp3) is 0.368. The van der Waals surface area contributed by atoms with Gasteiger partial charge in [-0.3, -0.25) is 4.79 Å². The van der Waals surface area contributed by atoms with Gasteiger partial charge in [0, 0.05) is 23.8 Å². The topological polar surface area (TPSA) is 138 Å². The van der Waals surface area contributed by atoms with Crippen LogP contribution < -0.4 is 15.0 Å². The Morgan fingerprint density at radius 1 is 1.24 bits per heavy atom. The summed E-state index contributed by atoms with van der Waals surface area (Å²) in [7, 11) is 0. The number of rotatable bonds is 4. The molecule has 5 atom stereocenters. The SMILES string of the molecule is CC(=O)N[C@H]1[C@@H](Oc2cc3sc(=O)oc3c3ccccc23)O[C@H](CO)[C@H](O)[C@@H]1O. The lowest BCUT2D eigenvalue weighted by molar-refractivity contribution is -0.244. The molecule has 154 valence electrons. The maximum Gasteiger partial charge on any atom is 0.396 e. The summed E-state index contributed by atoms with van der Waals surface area (Å²) in [4.78, 5) is 22.9. The van der Waals surface area contributed by atoms with Gasteiger partial charge in [0.1, 0.15) is 30.1 Å². The van der Waals surface area contributed by atoms with Crippen LogP contribution in [0, 0.1) is 0 Å². The second kappa shape index (κ2) is 7.73. The van der Waals surface area contributed by atoms with E-state index in [0.29, 0.717) is 26.8 Å². The van der Waals surface area contributed by atoms with Gasteiger partial charge in [0.05, 0.1) is 11.3 Å². The van der Waals surface area contributed by atoms with E-state index in [0.717, 1.165) is 11.3 Å². The van der Waals surface area contributed by atoms with Crippen LogP contribution in [-0.2, 0) is 9.53 Å². The van der Waals surface area contributed by atoms with E-state index >= 15 is 0 Å². The van der Waals surface area contributed by atoms with Crippen LogP contribution in [0.25, 0.3) is 21.1 Å². The number of aliphatic hydroxyl groups excluding tert-OH is 3. The minimum Gasteiger partial charge on any atom is -0.462 e. The number of hydrogen-bond acceptors (Lipinski definition) is 9. The van der Waals surface area contributed by atoms with Gasteiger partial charge in [0.2, 0.25) is 12.2 Å². The third-order valence-electron chi connectivity index (χ3n) is 4.80. The van der Waals surface area contributed by atoms with Gasteiger partial charge in [0.25, 0.3) is 0 Å². The van der Waals surface area contributed by atoms with Crippen LogP contribution in [0.4, 0.5) is 0 Å². The number of carbonyl (C=O) groups is 1. The Labute approximate surface area is 168 Å². The summed E-state index contributed by atoms with van der Waals surface area (Å²) in [6.45, 7) is 0.715. The predicted molar refractivity (Wildman–Crippen MR) is 104 cm³/mol. The first-order valence-electron chi connectivity index (χ1n) is 8.90. The minimum atomic E-state index is -1.42. The van der Waals surface area contributed by atoms with Gasteiger partial charge in [0.15, 0.2) is 5.58 Å². The van der Waals surface area contributed by atoms with Crippen LogP contribution in [0.2, 0.25) is 0 Å². The van der Waals surface area contributed by atoms with Gasteiger partial charge in [-0.1, -0.05) is 35.6 Å². The van der Waals surface area contributed by atoms with Crippen LogP contribution in [0.5, 0.6) is 5.75 Å². The summed E-state index contributed by atoms with van der Waals surface area (Å²) in [6, 6.07) is 7.67.